The first-order valence-corrected chi connectivity index (χ1v) is 5.46. The third-order valence-electron chi connectivity index (χ3n) is 2.62. The van der Waals surface area contributed by atoms with Crippen LogP contribution < -0.4 is 9.47 Å². The van der Waals surface area contributed by atoms with Gasteiger partial charge in [-0.15, -0.1) is 6.04 Å². The molecule has 2 atom stereocenters. The second-order valence-corrected chi connectivity index (χ2v) is 4.09. The number of methoxy groups -OCH3 is 1. The Balaban J connectivity index is 0.00000144. The van der Waals surface area contributed by atoms with E-state index >= 15 is 0 Å². The molecular weight excluding hydrogens is 385 g/mol. The Morgan fingerprint density at radius 1 is 1.61 bits per heavy atom. The molecule has 0 saturated carbocycles. The van der Waals surface area contributed by atoms with Crippen LogP contribution in [0.5, 0.6) is 11.8 Å². The van der Waals surface area contributed by atoms with Gasteiger partial charge in [0.25, 0.3) is 0 Å². The quantitative estimate of drug-likeness (QED) is 0.723. The van der Waals surface area contributed by atoms with Crippen molar-refractivity contribution in [3.8, 4) is 11.8 Å². The van der Waals surface area contributed by atoms with Crippen LogP contribution in [-0.2, 0) is 6.42 Å². The van der Waals surface area contributed by atoms with Crippen molar-refractivity contribution < 1.29 is 46.8 Å². The molecule has 0 aliphatic carbocycles. The molecular formula is C12H19ErN3O2-2. The second-order valence-electron chi connectivity index (χ2n) is 4.09. The van der Waals surface area contributed by atoms with Crippen LogP contribution in [0.2, 0.25) is 0 Å². The smallest absolute Gasteiger partial charge is 0.239 e. The predicted octanol–water partition coefficient (Wildman–Crippen LogP) is 2.46. The Morgan fingerprint density at radius 2 is 2.33 bits per heavy atom. The van der Waals surface area contributed by atoms with E-state index < -0.39 is 0 Å². The SMILES string of the molecule is COc1cnc2c(n1)OC(CC[C@@H](C)[NH-])C2.[CH3-].[Er]. The summed E-state index contributed by atoms with van der Waals surface area (Å²) in [5.41, 5.74) is 8.35. The molecule has 5 nitrogen and oxygen atoms in total. The molecule has 6 heteroatoms. The summed E-state index contributed by atoms with van der Waals surface area (Å²) < 4.78 is 10.7. The minimum absolute atomic E-state index is 0. The van der Waals surface area contributed by atoms with Gasteiger partial charge >= 0.3 is 0 Å². The molecule has 1 N–H and O–H groups in total. The summed E-state index contributed by atoms with van der Waals surface area (Å²) in [5.74, 6) is 1.07. The molecule has 0 amide bonds. The molecule has 18 heavy (non-hydrogen) atoms. The van der Waals surface area contributed by atoms with Crippen LogP contribution in [0.3, 0.4) is 0 Å². The maximum atomic E-state index is 7.46. The van der Waals surface area contributed by atoms with Gasteiger partial charge in [-0.25, -0.2) is 4.98 Å². The van der Waals surface area contributed by atoms with Crippen molar-refractivity contribution in [2.75, 3.05) is 7.11 Å². The maximum absolute atomic E-state index is 7.46. The van der Waals surface area contributed by atoms with Gasteiger partial charge in [-0.2, -0.15) is 4.98 Å². The number of aromatic nitrogens is 2. The van der Waals surface area contributed by atoms with Crippen molar-refractivity contribution in [2.24, 2.45) is 0 Å². The normalized spacial score (nSPS) is 17.8. The fourth-order valence-corrected chi connectivity index (χ4v) is 1.73. The van der Waals surface area contributed by atoms with E-state index in [4.69, 9.17) is 15.2 Å². The average Bonchev–Trinajstić information content (AvgIpc) is 2.67. The van der Waals surface area contributed by atoms with Gasteiger partial charge in [-0.05, 0) is 6.42 Å². The van der Waals surface area contributed by atoms with Crippen LogP contribution >= 0.6 is 0 Å². The van der Waals surface area contributed by atoms with Gasteiger partial charge in [0.05, 0.1) is 13.3 Å². The third kappa shape index (κ3) is 4.53. The molecule has 0 saturated heterocycles. The molecule has 0 spiro atoms. The molecule has 108 valence electrons. The van der Waals surface area contributed by atoms with Crippen LogP contribution in [0.15, 0.2) is 6.20 Å². The summed E-state index contributed by atoms with van der Waals surface area (Å²) in [7, 11) is 1.56. The molecule has 0 aromatic carbocycles. The number of nitrogens with one attached hydrogen (secondary N) is 1. The Bertz CT molecular complexity index is 374. The summed E-state index contributed by atoms with van der Waals surface area (Å²) in [5, 5.41) is 0. The Kier molecular flexibility index (Phi) is 8.09. The first-order chi connectivity index (χ1) is 7.69. The fourth-order valence-electron chi connectivity index (χ4n) is 1.73. The summed E-state index contributed by atoms with van der Waals surface area (Å²) in [4.78, 5) is 8.44. The standard InChI is InChI=1S/C11H16N3O2.CH3.Er/c1-7(12)3-4-8-5-9-11(16-8)14-10(15-2)6-13-9;;/h6-8,12H,3-5H2,1-2H3;1H3;/q2*-1;/t7-,8?;;/m1../s1. The molecule has 1 aliphatic heterocycles. The molecule has 0 fully saturated rings. The van der Waals surface area contributed by atoms with E-state index in [1.807, 2.05) is 6.92 Å². The van der Waals surface area contributed by atoms with Crippen molar-refractivity contribution >= 4 is 0 Å². The molecule has 1 unspecified atom stereocenters. The van der Waals surface area contributed by atoms with Gasteiger partial charge in [0, 0.05) is 43.7 Å². The maximum Gasteiger partial charge on any atom is 0.239 e. The summed E-state index contributed by atoms with van der Waals surface area (Å²) in [6, 6.07) is -0.0391. The largest absolute Gasteiger partial charge is 0.675 e. The Morgan fingerprint density at radius 3 is 2.94 bits per heavy atom. The van der Waals surface area contributed by atoms with E-state index in [9.17, 15) is 0 Å². The van der Waals surface area contributed by atoms with Gasteiger partial charge in [0.1, 0.15) is 11.8 Å². The van der Waals surface area contributed by atoms with E-state index in [2.05, 4.69) is 9.97 Å². The molecule has 1 aliphatic rings. The molecule has 2 heterocycles. The van der Waals surface area contributed by atoms with Crippen molar-refractivity contribution in [1.29, 1.82) is 0 Å². The van der Waals surface area contributed by atoms with Crippen molar-refractivity contribution in [3.05, 3.63) is 25.1 Å². The van der Waals surface area contributed by atoms with Crippen LogP contribution in [0.4, 0.5) is 0 Å². The van der Waals surface area contributed by atoms with Crippen LogP contribution in [-0.4, -0.2) is 29.2 Å². The topological polar surface area (TPSA) is 68.0 Å². The van der Waals surface area contributed by atoms with E-state index in [1.54, 1.807) is 13.3 Å². The molecule has 1 aromatic rings. The Labute approximate surface area is 138 Å². The molecule has 0 radical (unpaired) electrons. The van der Waals surface area contributed by atoms with E-state index in [0.29, 0.717) is 11.8 Å². The first kappa shape index (κ1) is 17.9. The van der Waals surface area contributed by atoms with Crippen molar-refractivity contribution in [2.45, 2.75) is 38.3 Å². The van der Waals surface area contributed by atoms with Crippen LogP contribution in [0, 0.1) is 44.7 Å². The number of rotatable bonds is 4. The zero-order chi connectivity index (χ0) is 11.5. The average molecular weight is 405 g/mol. The van der Waals surface area contributed by atoms with Gasteiger partial charge in [-0.3, -0.25) is 0 Å². The number of hydrogen-bond donors (Lipinski definition) is 0. The summed E-state index contributed by atoms with van der Waals surface area (Å²) in [6.07, 6.45) is 4.24. The zero-order valence-electron chi connectivity index (χ0n) is 10.9. The third-order valence-corrected chi connectivity index (χ3v) is 2.62. The molecule has 2 rings (SSSR count). The van der Waals surface area contributed by atoms with Crippen molar-refractivity contribution in [1.82, 2.24) is 9.97 Å². The van der Waals surface area contributed by atoms with Gasteiger partial charge < -0.3 is 22.6 Å². The van der Waals surface area contributed by atoms with Crippen molar-refractivity contribution in [3.63, 3.8) is 0 Å². The van der Waals surface area contributed by atoms with E-state index in [-0.39, 0.29) is 56.9 Å². The molecule has 0 bridgehead atoms. The molecule has 1 aromatic heterocycles. The first-order valence-electron chi connectivity index (χ1n) is 5.46. The number of hydrogen-bond acceptors (Lipinski definition) is 4. The number of ether oxygens (including phenoxy) is 2. The number of nitrogens with zero attached hydrogens (tertiary/aromatic N) is 2. The van der Waals surface area contributed by atoms with Gasteiger partial charge in [-0.1, -0.05) is 13.3 Å². The minimum Gasteiger partial charge on any atom is -0.675 e. The van der Waals surface area contributed by atoms with E-state index in [1.165, 1.54) is 0 Å². The van der Waals surface area contributed by atoms with Gasteiger partial charge in [0.2, 0.25) is 11.8 Å². The predicted molar refractivity (Wildman–Crippen MR) is 66.1 cm³/mol. The second kappa shape index (κ2) is 8.14. The summed E-state index contributed by atoms with van der Waals surface area (Å²) >= 11 is 0. The van der Waals surface area contributed by atoms with Crippen LogP contribution in [0.1, 0.15) is 25.5 Å². The zero-order valence-corrected chi connectivity index (χ0v) is 12.7. The Hall–Kier alpha value is -0.113. The minimum atomic E-state index is -0.0391. The fraction of sp³-hybridized carbons (Fsp3) is 0.583. The van der Waals surface area contributed by atoms with E-state index in [0.717, 1.165) is 25.0 Å². The van der Waals surface area contributed by atoms with Gasteiger partial charge in [0.15, 0.2) is 0 Å². The van der Waals surface area contributed by atoms with Crippen LogP contribution in [0.25, 0.3) is 5.73 Å². The summed E-state index contributed by atoms with van der Waals surface area (Å²) in [6.45, 7) is 1.89. The monoisotopic (exact) mass is 403 g/mol. The number of fused-ring (bicyclic) bond motifs is 1.